The number of carbonyl (C=O) groups is 1. The number of hydrogen-bond acceptors (Lipinski definition) is 4. The van der Waals surface area contributed by atoms with Crippen LogP contribution < -0.4 is 4.74 Å². The summed E-state index contributed by atoms with van der Waals surface area (Å²) in [4.78, 5) is 25.1. The number of aryl methyl sites for hydroxylation is 1. The number of aromatic nitrogens is 2. The molecule has 7 heteroatoms. The van der Waals surface area contributed by atoms with Gasteiger partial charge >= 0.3 is 0 Å². The Kier molecular flexibility index (Phi) is 4.40. The maximum absolute atomic E-state index is 11.7. The molecule has 0 radical (unpaired) electrons. The molecule has 0 aliphatic rings. The van der Waals surface area contributed by atoms with Crippen LogP contribution in [0.5, 0.6) is 5.75 Å². The zero-order chi connectivity index (χ0) is 14.0. The maximum Gasteiger partial charge on any atom is 0.208 e. The van der Waals surface area contributed by atoms with Gasteiger partial charge in [0.1, 0.15) is 17.1 Å². The standard InChI is InChI=1S/C12H14ClN2O3P/c1-3-18-9-5-7(12(16)19-17)4-8-11(9)14-10(6-13)15(8)2/h4-5,17,19H,3,6H2,1-2H3. The van der Waals surface area contributed by atoms with E-state index in [4.69, 9.17) is 21.2 Å². The van der Waals surface area contributed by atoms with Crippen LogP contribution in [0.25, 0.3) is 11.0 Å². The number of rotatable bonds is 5. The molecule has 0 aliphatic carbocycles. The fourth-order valence-corrected chi connectivity index (χ4v) is 2.40. The lowest BCUT2D eigenvalue weighted by Gasteiger charge is -2.07. The number of benzene rings is 1. The smallest absolute Gasteiger partial charge is 0.208 e. The van der Waals surface area contributed by atoms with Gasteiger partial charge in [-0.1, -0.05) is 0 Å². The number of imidazole rings is 1. The third kappa shape index (κ3) is 2.59. The lowest BCUT2D eigenvalue weighted by molar-refractivity contribution is 0.107. The maximum atomic E-state index is 11.7. The monoisotopic (exact) mass is 300 g/mol. The number of fused-ring (bicyclic) bond motifs is 1. The number of hydrogen-bond donors (Lipinski definition) is 1. The van der Waals surface area contributed by atoms with E-state index in [-0.39, 0.29) is 11.4 Å². The fourth-order valence-electron chi connectivity index (χ4n) is 1.88. The van der Waals surface area contributed by atoms with Crippen molar-refractivity contribution in [1.29, 1.82) is 0 Å². The molecule has 0 spiro atoms. The Morgan fingerprint density at radius 1 is 1.58 bits per heavy atom. The van der Waals surface area contributed by atoms with Crippen LogP contribution in [0.1, 0.15) is 23.1 Å². The number of alkyl halides is 1. The van der Waals surface area contributed by atoms with E-state index in [0.717, 1.165) is 5.52 Å². The molecule has 1 atom stereocenters. The summed E-state index contributed by atoms with van der Waals surface area (Å²) in [6, 6.07) is 3.31. The second-order valence-corrected chi connectivity index (χ2v) is 4.88. The van der Waals surface area contributed by atoms with Crippen molar-refractivity contribution in [3.05, 3.63) is 23.5 Å². The molecule has 102 valence electrons. The zero-order valence-electron chi connectivity index (χ0n) is 10.6. The van der Waals surface area contributed by atoms with E-state index >= 15 is 0 Å². The van der Waals surface area contributed by atoms with Crippen LogP contribution in [0, 0.1) is 0 Å². The quantitative estimate of drug-likeness (QED) is 0.680. The first-order valence-corrected chi connectivity index (χ1v) is 7.23. The van der Waals surface area contributed by atoms with E-state index in [1.54, 1.807) is 12.1 Å². The predicted molar refractivity (Wildman–Crippen MR) is 76.3 cm³/mol. The van der Waals surface area contributed by atoms with Gasteiger partial charge in [-0.2, -0.15) is 0 Å². The van der Waals surface area contributed by atoms with Gasteiger partial charge in [0.05, 0.1) is 26.8 Å². The van der Waals surface area contributed by atoms with Crippen LogP contribution in [0.15, 0.2) is 12.1 Å². The van der Waals surface area contributed by atoms with E-state index in [2.05, 4.69) is 4.98 Å². The Hall–Kier alpha value is -1.16. The lowest BCUT2D eigenvalue weighted by Crippen LogP contribution is -1.98. The number of carbonyl (C=O) groups excluding carboxylic acids is 1. The van der Waals surface area contributed by atoms with Gasteiger partial charge in [-0.05, 0) is 19.1 Å². The highest BCUT2D eigenvalue weighted by Crippen LogP contribution is 2.30. The van der Waals surface area contributed by atoms with Crippen molar-refractivity contribution < 1.29 is 14.4 Å². The number of ether oxygens (including phenoxy) is 1. The molecule has 1 N–H and O–H groups in total. The van der Waals surface area contributed by atoms with E-state index in [9.17, 15) is 4.79 Å². The molecular weight excluding hydrogens is 287 g/mol. The molecule has 19 heavy (non-hydrogen) atoms. The van der Waals surface area contributed by atoms with Crippen LogP contribution in [0.2, 0.25) is 0 Å². The number of nitrogens with zero attached hydrogens (tertiary/aromatic N) is 2. The summed E-state index contributed by atoms with van der Waals surface area (Å²) in [5.41, 5.74) is 1.54. The molecule has 0 saturated carbocycles. The molecule has 1 aromatic heterocycles. The largest absolute Gasteiger partial charge is 0.492 e. The van der Waals surface area contributed by atoms with Gasteiger partial charge in [0, 0.05) is 12.6 Å². The van der Waals surface area contributed by atoms with Crippen molar-refractivity contribution in [2.24, 2.45) is 7.05 Å². The highest BCUT2D eigenvalue weighted by atomic mass is 35.5. The average molecular weight is 301 g/mol. The molecule has 1 heterocycles. The second-order valence-electron chi connectivity index (χ2n) is 3.94. The molecule has 2 rings (SSSR count). The highest BCUT2D eigenvalue weighted by molar-refractivity contribution is 7.53. The Bertz CT molecular complexity index is 627. The Morgan fingerprint density at radius 2 is 2.32 bits per heavy atom. The molecule has 1 unspecified atom stereocenters. The first-order chi connectivity index (χ1) is 9.12. The summed E-state index contributed by atoms with van der Waals surface area (Å²) in [7, 11) is 1.06. The summed E-state index contributed by atoms with van der Waals surface area (Å²) in [6.45, 7) is 2.33. The molecule has 0 saturated heterocycles. The third-order valence-corrected chi connectivity index (χ3v) is 3.56. The van der Waals surface area contributed by atoms with Crippen molar-refractivity contribution in [2.75, 3.05) is 6.61 Å². The van der Waals surface area contributed by atoms with E-state index in [0.29, 0.717) is 29.3 Å². The molecule has 2 aromatic rings. The topological polar surface area (TPSA) is 64.3 Å². The van der Waals surface area contributed by atoms with Gasteiger partial charge in [0.2, 0.25) is 5.52 Å². The predicted octanol–water partition coefficient (Wildman–Crippen LogP) is 2.44. The van der Waals surface area contributed by atoms with Crippen LogP contribution in [0.4, 0.5) is 0 Å². The van der Waals surface area contributed by atoms with Gasteiger partial charge < -0.3 is 14.2 Å². The van der Waals surface area contributed by atoms with Crippen molar-refractivity contribution in [1.82, 2.24) is 9.55 Å². The number of halogens is 1. The molecule has 1 aromatic carbocycles. The van der Waals surface area contributed by atoms with E-state index < -0.39 is 8.81 Å². The second kappa shape index (κ2) is 5.87. The van der Waals surface area contributed by atoms with Crippen molar-refractivity contribution in [3.63, 3.8) is 0 Å². The third-order valence-electron chi connectivity index (χ3n) is 2.83. The molecule has 0 bridgehead atoms. The van der Waals surface area contributed by atoms with E-state index in [1.165, 1.54) is 0 Å². The summed E-state index contributed by atoms with van der Waals surface area (Å²) in [6.07, 6.45) is 0. The van der Waals surface area contributed by atoms with Crippen LogP contribution in [-0.4, -0.2) is 26.6 Å². The first kappa shape index (κ1) is 14.3. The molecule has 0 amide bonds. The normalized spacial score (nSPS) is 11.6. The Balaban J connectivity index is 2.70. The zero-order valence-corrected chi connectivity index (χ0v) is 12.4. The van der Waals surface area contributed by atoms with Gasteiger partial charge in [0.15, 0.2) is 0 Å². The SMILES string of the molecule is CCOc1cc(C(=O)PO)cc2c1nc(CCl)n2C. The molecular formula is C12H14ClN2O3P. The minimum Gasteiger partial charge on any atom is -0.492 e. The van der Waals surface area contributed by atoms with Gasteiger partial charge in [-0.3, -0.25) is 4.79 Å². The minimum absolute atomic E-state index is 0.280. The lowest BCUT2D eigenvalue weighted by atomic mass is 10.2. The summed E-state index contributed by atoms with van der Waals surface area (Å²) >= 11 is 5.83. The van der Waals surface area contributed by atoms with Crippen molar-refractivity contribution in [2.45, 2.75) is 12.8 Å². The van der Waals surface area contributed by atoms with Gasteiger partial charge in [-0.25, -0.2) is 4.98 Å². The fraction of sp³-hybridized carbons (Fsp3) is 0.333. The molecule has 0 fully saturated rings. The summed E-state index contributed by atoms with van der Waals surface area (Å²) in [5, 5.41) is 0. The summed E-state index contributed by atoms with van der Waals surface area (Å²) in [5.74, 6) is 1.52. The Labute approximate surface area is 117 Å². The van der Waals surface area contributed by atoms with Crippen molar-refractivity contribution in [3.8, 4) is 5.75 Å². The van der Waals surface area contributed by atoms with E-state index in [1.807, 2.05) is 18.5 Å². The van der Waals surface area contributed by atoms with Crippen LogP contribution in [-0.2, 0) is 12.9 Å². The van der Waals surface area contributed by atoms with Gasteiger partial charge in [0.25, 0.3) is 0 Å². The highest BCUT2D eigenvalue weighted by Gasteiger charge is 2.16. The molecule has 5 nitrogen and oxygen atoms in total. The first-order valence-electron chi connectivity index (χ1n) is 5.74. The summed E-state index contributed by atoms with van der Waals surface area (Å²) < 4.78 is 7.34. The Morgan fingerprint density at radius 3 is 2.89 bits per heavy atom. The average Bonchev–Trinajstić information content (AvgIpc) is 2.75. The van der Waals surface area contributed by atoms with Crippen molar-refractivity contribution >= 4 is 37.0 Å². The van der Waals surface area contributed by atoms with Crippen LogP contribution in [0.3, 0.4) is 0 Å². The van der Waals surface area contributed by atoms with Crippen LogP contribution >= 0.6 is 20.4 Å². The minimum atomic E-state index is -0.768. The van der Waals surface area contributed by atoms with Gasteiger partial charge in [-0.15, -0.1) is 11.6 Å². The molecule has 0 aliphatic heterocycles.